The van der Waals surface area contributed by atoms with Gasteiger partial charge in [-0.05, 0) is 24.3 Å². The number of guanidine groups is 1. The quantitative estimate of drug-likeness (QED) is 0.426. The summed E-state index contributed by atoms with van der Waals surface area (Å²) in [6.45, 7) is 3.55. The Morgan fingerprint density at radius 3 is 3.09 bits per heavy atom. The summed E-state index contributed by atoms with van der Waals surface area (Å²) in [5, 5.41) is 8.52. The molecule has 1 atom stereocenters. The zero-order valence-electron chi connectivity index (χ0n) is 12.8. The lowest BCUT2D eigenvalue weighted by molar-refractivity contribution is -0.119. The van der Waals surface area contributed by atoms with Crippen LogP contribution >= 0.6 is 35.3 Å². The van der Waals surface area contributed by atoms with Gasteiger partial charge >= 0.3 is 0 Å². The Bertz CT molecular complexity index is 534. The number of carbonyl (C=O) groups is 1. The number of thiophene rings is 1. The molecule has 0 aliphatic carbocycles. The van der Waals surface area contributed by atoms with Gasteiger partial charge in [0.15, 0.2) is 5.96 Å². The number of halogens is 1. The van der Waals surface area contributed by atoms with E-state index in [-0.39, 0.29) is 35.3 Å². The Labute approximate surface area is 152 Å². The second kappa shape index (κ2) is 7.63. The molecule has 1 spiro atoms. The summed E-state index contributed by atoms with van der Waals surface area (Å²) in [6, 6.07) is 4.19. The van der Waals surface area contributed by atoms with E-state index in [1.54, 1.807) is 11.3 Å². The van der Waals surface area contributed by atoms with Crippen LogP contribution in [0.3, 0.4) is 0 Å². The molecule has 2 fully saturated rings. The van der Waals surface area contributed by atoms with E-state index in [1.807, 2.05) is 7.05 Å². The van der Waals surface area contributed by atoms with Crippen molar-refractivity contribution in [3.05, 3.63) is 22.4 Å². The highest BCUT2D eigenvalue weighted by molar-refractivity contribution is 14.0. The van der Waals surface area contributed by atoms with Crippen molar-refractivity contribution in [1.29, 1.82) is 0 Å². The first-order chi connectivity index (χ1) is 10.2. The molecule has 1 amide bonds. The number of rotatable bonds is 2. The summed E-state index contributed by atoms with van der Waals surface area (Å²) in [5.74, 6) is 1.14. The van der Waals surface area contributed by atoms with Crippen molar-refractivity contribution >= 4 is 47.2 Å². The van der Waals surface area contributed by atoms with Crippen molar-refractivity contribution in [3.63, 3.8) is 0 Å². The van der Waals surface area contributed by atoms with Crippen LogP contribution in [0.5, 0.6) is 0 Å². The number of nitrogens with one attached hydrogen (secondary N) is 2. The maximum atomic E-state index is 11.6. The topological polar surface area (TPSA) is 56.7 Å². The van der Waals surface area contributed by atoms with Crippen LogP contribution in [0, 0.1) is 5.41 Å². The fourth-order valence-corrected chi connectivity index (χ4v) is 3.99. The first-order valence-electron chi connectivity index (χ1n) is 7.45. The molecular formula is C15H23IN4OS. The third-order valence-corrected chi connectivity index (χ3v) is 5.25. The van der Waals surface area contributed by atoms with Crippen LogP contribution in [0.2, 0.25) is 0 Å². The van der Waals surface area contributed by atoms with Crippen LogP contribution in [0.15, 0.2) is 22.5 Å². The number of piperidine rings is 1. The Kier molecular flexibility index (Phi) is 6.08. The van der Waals surface area contributed by atoms with Gasteiger partial charge in [0.1, 0.15) is 0 Å². The molecule has 2 N–H and O–H groups in total. The second-order valence-electron chi connectivity index (χ2n) is 5.96. The minimum Gasteiger partial charge on any atom is -0.355 e. The van der Waals surface area contributed by atoms with E-state index in [0.717, 1.165) is 45.0 Å². The minimum absolute atomic E-state index is 0. The highest BCUT2D eigenvalue weighted by Crippen LogP contribution is 2.35. The molecule has 22 heavy (non-hydrogen) atoms. The first kappa shape index (κ1) is 17.5. The Balaban J connectivity index is 0.00000176. The van der Waals surface area contributed by atoms with Crippen LogP contribution in [-0.2, 0) is 11.3 Å². The summed E-state index contributed by atoms with van der Waals surface area (Å²) < 4.78 is 0. The SMILES string of the molecule is CN=C(NCc1cccs1)N1CCCC2(CNC(=O)C2)C1.I. The third-order valence-electron chi connectivity index (χ3n) is 4.37. The predicted octanol–water partition coefficient (Wildman–Crippen LogP) is 2.04. The maximum absolute atomic E-state index is 11.6. The van der Waals surface area contributed by atoms with Crippen molar-refractivity contribution in [2.45, 2.75) is 25.8 Å². The van der Waals surface area contributed by atoms with Crippen molar-refractivity contribution in [2.24, 2.45) is 10.4 Å². The van der Waals surface area contributed by atoms with Crippen LogP contribution in [0.1, 0.15) is 24.1 Å². The van der Waals surface area contributed by atoms with Gasteiger partial charge in [-0.2, -0.15) is 0 Å². The molecule has 3 heterocycles. The van der Waals surface area contributed by atoms with E-state index < -0.39 is 0 Å². The molecule has 5 nitrogen and oxygen atoms in total. The van der Waals surface area contributed by atoms with Gasteiger partial charge in [0, 0.05) is 43.4 Å². The molecule has 1 aromatic rings. The monoisotopic (exact) mass is 434 g/mol. The lowest BCUT2D eigenvalue weighted by Gasteiger charge is -2.40. The highest BCUT2D eigenvalue weighted by Gasteiger charge is 2.42. The largest absolute Gasteiger partial charge is 0.355 e. The molecule has 0 saturated carbocycles. The number of hydrogen-bond donors (Lipinski definition) is 2. The van der Waals surface area contributed by atoms with Gasteiger partial charge in [-0.3, -0.25) is 9.79 Å². The van der Waals surface area contributed by atoms with Gasteiger partial charge in [0.05, 0.1) is 6.54 Å². The smallest absolute Gasteiger partial charge is 0.220 e. The number of hydrogen-bond acceptors (Lipinski definition) is 3. The van der Waals surface area contributed by atoms with Crippen molar-refractivity contribution in [3.8, 4) is 0 Å². The molecule has 1 aromatic heterocycles. The number of amides is 1. The molecule has 7 heteroatoms. The molecule has 0 bridgehead atoms. The summed E-state index contributed by atoms with van der Waals surface area (Å²) in [5.41, 5.74) is 0.107. The van der Waals surface area contributed by atoms with Crippen molar-refractivity contribution in [2.75, 3.05) is 26.7 Å². The van der Waals surface area contributed by atoms with Gasteiger partial charge in [-0.25, -0.2) is 0 Å². The molecule has 2 aliphatic heterocycles. The zero-order valence-corrected chi connectivity index (χ0v) is 15.9. The molecule has 1 unspecified atom stereocenters. The van der Waals surface area contributed by atoms with E-state index in [0.29, 0.717) is 6.42 Å². The molecule has 0 aromatic carbocycles. The van der Waals surface area contributed by atoms with E-state index >= 15 is 0 Å². The number of carbonyl (C=O) groups excluding carboxylic acids is 1. The average molecular weight is 434 g/mol. The summed E-state index contributed by atoms with van der Waals surface area (Å²) in [4.78, 5) is 19.6. The molecule has 2 saturated heterocycles. The Hall–Kier alpha value is -0.830. The Morgan fingerprint density at radius 1 is 1.59 bits per heavy atom. The summed E-state index contributed by atoms with van der Waals surface area (Å²) in [7, 11) is 1.83. The maximum Gasteiger partial charge on any atom is 0.220 e. The van der Waals surface area contributed by atoms with Gasteiger partial charge in [0.2, 0.25) is 5.91 Å². The predicted molar refractivity (Wildman–Crippen MR) is 101 cm³/mol. The Morgan fingerprint density at radius 2 is 2.45 bits per heavy atom. The second-order valence-corrected chi connectivity index (χ2v) is 6.99. The average Bonchev–Trinajstić information content (AvgIpc) is 3.11. The van der Waals surface area contributed by atoms with Gasteiger partial charge in [-0.1, -0.05) is 6.07 Å². The number of likely N-dealkylation sites (tertiary alicyclic amines) is 1. The first-order valence-corrected chi connectivity index (χ1v) is 8.33. The van der Waals surface area contributed by atoms with Gasteiger partial charge in [0.25, 0.3) is 0 Å². The van der Waals surface area contributed by atoms with Crippen LogP contribution in [0.4, 0.5) is 0 Å². The van der Waals surface area contributed by atoms with E-state index in [2.05, 4.69) is 38.0 Å². The van der Waals surface area contributed by atoms with Gasteiger partial charge < -0.3 is 15.5 Å². The number of nitrogens with zero attached hydrogens (tertiary/aromatic N) is 2. The fourth-order valence-electron chi connectivity index (χ4n) is 3.34. The molecular weight excluding hydrogens is 411 g/mol. The molecule has 122 valence electrons. The lowest BCUT2D eigenvalue weighted by Crippen LogP contribution is -2.51. The minimum atomic E-state index is 0. The number of aliphatic imine (C=N–C) groups is 1. The standard InChI is InChI=1S/C15H22N4OS.HI/c1-16-14(17-9-12-4-2-7-21-12)19-6-3-5-15(11-19)8-13(20)18-10-15;/h2,4,7H,3,5-6,8-11H2,1H3,(H,16,17)(H,18,20);1H. The van der Waals surface area contributed by atoms with E-state index in [9.17, 15) is 4.79 Å². The zero-order chi connectivity index (χ0) is 14.7. The molecule has 0 radical (unpaired) electrons. The van der Waals surface area contributed by atoms with Crippen LogP contribution < -0.4 is 10.6 Å². The normalized spacial score (nSPS) is 25.0. The van der Waals surface area contributed by atoms with Crippen LogP contribution in [0.25, 0.3) is 0 Å². The summed E-state index contributed by atoms with van der Waals surface area (Å²) >= 11 is 1.75. The van der Waals surface area contributed by atoms with Crippen molar-refractivity contribution < 1.29 is 4.79 Å². The fraction of sp³-hybridized carbons (Fsp3) is 0.600. The lowest BCUT2D eigenvalue weighted by atomic mass is 9.79. The van der Waals surface area contributed by atoms with E-state index in [1.165, 1.54) is 4.88 Å². The van der Waals surface area contributed by atoms with Gasteiger partial charge in [-0.15, -0.1) is 35.3 Å². The highest BCUT2D eigenvalue weighted by atomic mass is 127. The van der Waals surface area contributed by atoms with Crippen molar-refractivity contribution in [1.82, 2.24) is 15.5 Å². The summed E-state index contributed by atoms with van der Waals surface area (Å²) in [6.07, 6.45) is 2.91. The van der Waals surface area contributed by atoms with Crippen LogP contribution in [-0.4, -0.2) is 43.4 Å². The third kappa shape index (κ3) is 3.92. The molecule has 3 rings (SSSR count). The van der Waals surface area contributed by atoms with E-state index in [4.69, 9.17) is 0 Å². The molecule has 2 aliphatic rings.